The van der Waals surface area contributed by atoms with Crippen molar-refractivity contribution in [1.82, 2.24) is 15.5 Å². The maximum Gasteiger partial charge on any atom is 0.191 e. The molecule has 2 aliphatic rings. The van der Waals surface area contributed by atoms with Crippen LogP contribution in [0.4, 0.5) is 0 Å². The van der Waals surface area contributed by atoms with Crippen molar-refractivity contribution in [3.05, 3.63) is 54.0 Å². The summed E-state index contributed by atoms with van der Waals surface area (Å²) >= 11 is 0. The van der Waals surface area contributed by atoms with Crippen LogP contribution in [-0.4, -0.2) is 49.2 Å². The molecule has 4 rings (SSSR count). The Morgan fingerprint density at radius 3 is 2.65 bits per heavy atom. The number of benzene rings is 1. The summed E-state index contributed by atoms with van der Waals surface area (Å²) < 4.78 is 11.3. The van der Waals surface area contributed by atoms with Crippen molar-refractivity contribution >= 4 is 29.9 Å². The highest BCUT2D eigenvalue weighted by atomic mass is 127. The van der Waals surface area contributed by atoms with Crippen LogP contribution < -0.4 is 15.4 Å². The molecule has 0 radical (unpaired) electrons. The third kappa shape index (κ3) is 6.62. The van der Waals surface area contributed by atoms with E-state index in [1.165, 1.54) is 5.56 Å². The Balaban J connectivity index is 0.00000272. The summed E-state index contributed by atoms with van der Waals surface area (Å²) in [4.78, 5) is 7.44. The number of likely N-dealkylation sites (tertiary alicyclic amines) is 1. The summed E-state index contributed by atoms with van der Waals surface area (Å²) in [6.45, 7) is 8.24. The molecule has 0 bridgehead atoms. The minimum atomic E-state index is 0. The van der Waals surface area contributed by atoms with Gasteiger partial charge in [0.2, 0.25) is 0 Å². The van der Waals surface area contributed by atoms with Crippen LogP contribution >= 0.6 is 24.0 Å². The lowest BCUT2D eigenvalue weighted by molar-refractivity contribution is 0.167. The van der Waals surface area contributed by atoms with Crippen molar-refractivity contribution < 1.29 is 9.15 Å². The maximum atomic E-state index is 5.83. The normalized spacial score (nSPS) is 20.0. The van der Waals surface area contributed by atoms with Gasteiger partial charge in [-0.1, -0.05) is 18.2 Å². The van der Waals surface area contributed by atoms with Crippen LogP contribution in [0.5, 0.6) is 5.75 Å². The van der Waals surface area contributed by atoms with Crippen LogP contribution in [0.15, 0.2) is 52.1 Å². The first kappa shape index (κ1) is 23.9. The van der Waals surface area contributed by atoms with Gasteiger partial charge in [-0.15, -0.1) is 24.0 Å². The zero-order valence-corrected chi connectivity index (χ0v) is 20.9. The predicted octanol–water partition coefficient (Wildman–Crippen LogP) is 4.37. The first-order valence-corrected chi connectivity index (χ1v) is 11.2. The van der Waals surface area contributed by atoms with E-state index in [1.807, 2.05) is 24.3 Å². The second-order valence-corrected chi connectivity index (χ2v) is 8.48. The predicted molar refractivity (Wildman–Crippen MR) is 135 cm³/mol. The van der Waals surface area contributed by atoms with Crippen molar-refractivity contribution in [2.75, 3.05) is 26.2 Å². The Kier molecular flexibility index (Phi) is 9.07. The Labute approximate surface area is 202 Å². The molecule has 1 unspecified atom stereocenters. The molecule has 1 saturated heterocycles. The van der Waals surface area contributed by atoms with Crippen molar-refractivity contribution in [1.29, 1.82) is 0 Å². The van der Waals surface area contributed by atoms with Crippen molar-refractivity contribution in [2.45, 2.75) is 57.7 Å². The van der Waals surface area contributed by atoms with Gasteiger partial charge in [0.05, 0.1) is 18.9 Å². The molecule has 31 heavy (non-hydrogen) atoms. The molecule has 6 nitrogen and oxygen atoms in total. The fourth-order valence-corrected chi connectivity index (χ4v) is 4.28. The van der Waals surface area contributed by atoms with E-state index in [4.69, 9.17) is 14.1 Å². The third-order valence-electron chi connectivity index (χ3n) is 6.08. The Bertz CT molecular complexity index is 817. The molecule has 0 spiro atoms. The van der Waals surface area contributed by atoms with Crippen LogP contribution in [-0.2, 0) is 6.42 Å². The number of aliphatic imine (C=N–C) groups is 1. The molecule has 2 aromatic rings. The van der Waals surface area contributed by atoms with Gasteiger partial charge in [0.15, 0.2) is 5.96 Å². The van der Waals surface area contributed by atoms with Gasteiger partial charge in [-0.3, -0.25) is 4.99 Å². The zero-order chi connectivity index (χ0) is 20.8. The molecule has 0 aliphatic carbocycles. The Morgan fingerprint density at radius 1 is 1.10 bits per heavy atom. The van der Waals surface area contributed by atoms with Crippen LogP contribution in [0.25, 0.3) is 0 Å². The van der Waals surface area contributed by atoms with Gasteiger partial charge in [0.25, 0.3) is 0 Å². The number of rotatable bonds is 6. The highest BCUT2D eigenvalue weighted by Crippen LogP contribution is 2.31. The minimum Gasteiger partial charge on any atom is -0.493 e. The topological polar surface area (TPSA) is 62.0 Å². The summed E-state index contributed by atoms with van der Waals surface area (Å²) in [5, 5.41) is 7.40. The molecular weight excluding hydrogens is 503 g/mol. The number of nitrogens with one attached hydrogen (secondary N) is 2. The molecule has 2 aliphatic heterocycles. The SMILES string of the molecule is CC(C)N1CCC(NC(=NCCc2ccco2)NC2CCOc3ccccc32)CC1.I. The third-order valence-corrected chi connectivity index (χ3v) is 6.08. The molecule has 2 N–H and O–H groups in total. The Morgan fingerprint density at radius 2 is 1.90 bits per heavy atom. The van der Waals surface area contributed by atoms with E-state index < -0.39 is 0 Å². The highest BCUT2D eigenvalue weighted by Gasteiger charge is 2.25. The fourth-order valence-electron chi connectivity index (χ4n) is 4.28. The van der Waals surface area contributed by atoms with Gasteiger partial charge in [-0.05, 0) is 44.9 Å². The summed E-state index contributed by atoms with van der Waals surface area (Å²) in [5.41, 5.74) is 1.21. The van der Waals surface area contributed by atoms with Gasteiger partial charge in [-0.2, -0.15) is 0 Å². The minimum absolute atomic E-state index is 0. The van der Waals surface area contributed by atoms with Gasteiger partial charge >= 0.3 is 0 Å². The van der Waals surface area contributed by atoms with E-state index in [1.54, 1.807) is 6.26 Å². The molecule has 3 heterocycles. The molecule has 0 amide bonds. The van der Waals surface area contributed by atoms with Crippen LogP contribution in [0.2, 0.25) is 0 Å². The smallest absolute Gasteiger partial charge is 0.191 e. The first-order valence-electron chi connectivity index (χ1n) is 11.2. The second kappa shape index (κ2) is 11.8. The number of hydrogen-bond acceptors (Lipinski definition) is 4. The Hall–Kier alpha value is -1.74. The monoisotopic (exact) mass is 538 g/mol. The average Bonchev–Trinajstić information content (AvgIpc) is 3.28. The van der Waals surface area contributed by atoms with E-state index in [0.717, 1.165) is 62.8 Å². The van der Waals surface area contributed by atoms with E-state index in [2.05, 4.69) is 41.5 Å². The van der Waals surface area contributed by atoms with Crippen LogP contribution in [0.3, 0.4) is 0 Å². The summed E-state index contributed by atoms with van der Waals surface area (Å²) in [6.07, 6.45) is 5.73. The van der Waals surface area contributed by atoms with E-state index >= 15 is 0 Å². The number of para-hydroxylation sites is 1. The number of fused-ring (bicyclic) bond motifs is 1. The number of hydrogen-bond donors (Lipinski definition) is 2. The van der Waals surface area contributed by atoms with E-state index in [-0.39, 0.29) is 30.0 Å². The van der Waals surface area contributed by atoms with Crippen molar-refractivity contribution in [2.24, 2.45) is 4.99 Å². The maximum absolute atomic E-state index is 5.83. The summed E-state index contributed by atoms with van der Waals surface area (Å²) in [5.74, 6) is 2.84. The lowest BCUT2D eigenvalue weighted by Crippen LogP contribution is -2.50. The molecule has 1 atom stereocenters. The quantitative estimate of drug-likeness (QED) is 0.325. The van der Waals surface area contributed by atoms with Gasteiger partial charge in [0.1, 0.15) is 11.5 Å². The number of ether oxygens (including phenoxy) is 1. The lowest BCUT2D eigenvalue weighted by Gasteiger charge is -2.36. The zero-order valence-electron chi connectivity index (χ0n) is 18.5. The molecule has 1 aromatic carbocycles. The second-order valence-electron chi connectivity index (χ2n) is 8.48. The molecular formula is C24H35IN4O2. The first-order chi connectivity index (χ1) is 14.7. The summed E-state index contributed by atoms with van der Waals surface area (Å²) in [7, 11) is 0. The van der Waals surface area contributed by atoms with Crippen molar-refractivity contribution in [3.63, 3.8) is 0 Å². The van der Waals surface area contributed by atoms with Crippen LogP contribution in [0.1, 0.15) is 50.5 Å². The fraction of sp³-hybridized carbons (Fsp3) is 0.542. The van der Waals surface area contributed by atoms with E-state index in [0.29, 0.717) is 18.6 Å². The molecule has 1 fully saturated rings. The van der Waals surface area contributed by atoms with Gasteiger partial charge in [0, 0.05) is 50.1 Å². The summed E-state index contributed by atoms with van der Waals surface area (Å²) in [6, 6.07) is 13.5. The average molecular weight is 538 g/mol. The molecule has 7 heteroatoms. The van der Waals surface area contributed by atoms with Gasteiger partial charge < -0.3 is 24.7 Å². The number of nitrogens with zero attached hydrogens (tertiary/aromatic N) is 2. The number of piperidine rings is 1. The number of furan rings is 1. The molecule has 170 valence electrons. The van der Waals surface area contributed by atoms with Crippen LogP contribution in [0, 0.1) is 0 Å². The lowest BCUT2D eigenvalue weighted by atomic mass is 10.0. The number of halogens is 1. The standard InChI is InChI=1S/C24H34N4O2.HI/c1-18(2)28-14-10-19(11-15-28)26-24(25-13-9-20-6-5-16-29-20)27-22-12-17-30-23-8-4-3-7-21(22)23;/h3-8,16,18-19,22H,9-15,17H2,1-2H3,(H2,25,26,27);1H. The van der Waals surface area contributed by atoms with E-state index in [9.17, 15) is 0 Å². The molecule has 1 aromatic heterocycles. The number of guanidine groups is 1. The van der Waals surface area contributed by atoms with Gasteiger partial charge in [-0.25, -0.2) is 0 Å². The molecule has 0 saturated carbocycles. The van der Waals surface area contributed by atoms with Crippen molar-refractivity contribution in [3.8, 4) is 5.75 Å². The highest BCUT2D eigenvalue weighted by molar-refractivity contribution is 14.0. The largest absolute Gasteiger partial charge is 0.493 e.